The van der Waals surface area contributed by atoms with Crippen molar-refractivity contribution < 1.29 is 14.3 Å². The van der Waals surface area contributed by atoms with Crippen molar-refractivity contribution in [2.45, 2.75) is 52.6 Å². The summed E-state index contributed by atoms with van der Waals surface area (Å²) in [6.07, 6.45) is 2.64. The molecular formula is C21H29N3O3S. The van der Waals surface area contributed by atoms with Crippen molar-refractivity contribution in [2.24, 2.45) is 0 Å². The first-order chi connectivity index (χ1) is 13.2. The second kappa shape index (κ2) is 10.2. The highest BCUT2D eigenvalue weighted by Gasteiger charge is 2.16. The second-order valence-corrected chi connectivity index (χ2v) is 8.68. The van der Waals surface area contributed by atoms with Gasteiger partial charge in [0.1, 0.15) is 12.1 Å². The number of hydrogen-bond acceptors (Lipinski definition) is 5. The summed E-state index contributed by atoms with van der Waals surface area (Å²) in [4.78, 5) is 27.8. The highest BCUT2D eigenvalue weighted by atomic mass is 32.1. The molecule has 6 nitrogen and oxygen atoms in total. The number of nitrogens with zero attached hydrogens (tertiary/aromatic N) is 1. The van der Waals surface area contributed by atoms with Gasteiger partial charge in [-0.2, -0.15) is 0 Å². The van der Waals surface area contributed by atoms with Crippen molar-refractivity contribution in [1.82, 2.24) is 15.6 Å². The van der Waals surface area contributed by atoms with Crippen molar-refractivity contribution in [3.05, 3.63) is 51.5 Å². The Morgan fingerprint density at radius 3 is 2.25 bits per heavy atom. The Labute approximate surface area is 170 Å². The number of benzene rings is 1. The van der Waals surface area contributed by atoms with Gasteiger partial charge in [-0.25, -0.2) is 9.78 Å². The molecule has 0 unspecified atom stereocenters. The van der Waals surface area contributed by atoms with E-state index in [1.165, 1.54) is 5.56 Å². The van der Waals surface area contributed by atoms with E-state index in [4.69, 9.17) is 4.74 Å². The summed E-state index contributed by atoms with van der Waals surface area (Å²) in [5.41, 5.74) is 3.02. The van der Waals surface area contributed by atoms with Crippen LogP contribution in [0.4, 0.5) is 4.79 Å². The molecule has 2 aromatic rings. The van der Waals surface area contributed by atoms with E-state index in [0.717, 1.165) is 35.5 Å². The molecule has 7 heteroatoms. The average molecular weight is 404 g/mol. The molecule has 0 bridgehead atoms. The third-order valence-electron chi connectivity index (χ3n) is 3.87. The zero-order chi connectivity index (χ0) is 20.6. The molecule has 1 aromatic carbocycles. The van der Waals surface area contributed by atoms with Crippen LogP contribution >= 0.6 is 11.3 Å². The number of esters is 1. The van der Waals surface area contributed by atoms with Crippen LogP contribution in [0.1, 0.15) is 42.6 Å². The smallest absolute Gasteiger partial charge is 0.325 e. The third-order valence-corrected chi connectivity index (χ3v) is 4.69. The average Bonchev–Trinajstić information content (AvgIpc) is 3.03. The van der Waals surface area contributed by atoms with Crippen LogP contribution in [0.15, 0.2) is 29.6 Å². The Balaban J connectivity index is 1.64. The number of nitrogens with one attached hydrogen (secondary N) is 2. The van der Waals surface area contributed by atoms with E-state index in [-0.39, 0.29) is 12.6 Å². The summed E-state index contributed by atoms with van der Waals surface area (Å²) in [5.74, 6) is -0.453. The number of hydrogen-bond donors (Lipinski definition) is 2. The lowest BCUT2D eigenvalue weighted by Crippen LogP contribution is -2.41. The van der Waals surface area contributed by atoms with Crippen LogP contribution in [0.3, 0.4) is 0 Å². The molecule has 1 aromatic heterocycles. The van der Waals surface area contributed by atoms with Crippen molar-refractivity contribution in [1.29, 1.82) is 0 Å². The van der Waals surface area contributed by atoms with Gasteiger partial charge in [0.05, 0.1) is 10.7 Å². The quantitative estimate of drug-likeness (QED) is 0.662. The minimum absolute atomic E-state index is 0.143. The number of carbonyl (C=O) groups is 2. The van der Waals surface area contributed by atoms with Crippen LogP contribution in [0.25, 0.3) is 0 Å². The van der Waals surface area contributed by atoms with Gasteiger partial charge in [0, 0.05) is 11.9 Å². The van der Waals surface area contributed by atoms with Gasteiger partial charge < -0.3 is 15.4 Å². The van der Waals surface area contributed by atoms with Gasteiger partial charge in [-0.1, -0.05) is 24.3 Å². The van der Waals surface area contributed by atoms with E-state index in [9.17, 15) is 9.59 Å². The molecule has 0 saturated heterocycles. The highest BCUT2D eigenvalue weighted by molar-refractivity contribution is 7.09. The van der Waals surface area contributed by atoms with E-state index in [0.29, 0.717) is 6.54 Å². The van der Waals surface area contributed by atoms with Gasteiger partial charge in [-0.3, -0.25) is 4.79 Å². The standard InChI is InChI=1S/C21H29N3O3S/c1-15-24-18(14-28-15)10-9-16-5-7-17(8-6-16)11-12-22-20(26)23-13-19(25)27-21(2,3)4/h5-8,14H,9-13H2,1-4H3,(H2,22,23,26). The summed E-state index contributed by atoms with van der Waals surface area (Å²) in [6.45, 7) is 7.74. The van der Waals surface area contributed by atoms with E-state index >= 15 is 0 Å². The minimum Gasteiger partial charge on any atom is -0.459 e. The molecule has 2 amide bonds. The van der Waals surface area contributed by atoms with Gasteiger partial charge in [-0.05, 0) is 58.1 Å². The third kappa shape index (κ3) is 8.52. The number of carbonyl (C=O) groups excluding carboxylic acids is 2. The summed E-state index contributed by atoms with van der Waals surface area (Å²) in [5, 5.41) is 8.47. The van der Waals surface area contributed by atoms with Gasteiger partial charge in [0.25, 0.3) is 0 Å². The Morgan fingerprint density at radius 1 is 1.04 bits per heavy atom. The minimum atomic E-state index is -0.555. The predicted octanol–water partition coefficient (Wildman–Crippen LogP) is 3.42. The second-order valence-electron chi connectivity index (χ2n) is 7.62. The van der Waals surface area contributed by atoms with Crippen molar-refractivity contribution >= 4 is 23.3 Å². The lowest BCUT2D eigenvalue weighted by atomic mass is 10.0. The van der Waals surface area contributed by atoms with Gasteiger partial charge >= 0.3 is 12.0 Å². The normalized spacial score (nSPS) is 11.1. The van der Waals surface area contributed by atoms with Crippen molar-refractivity contribution in [3.63, 3.8) is 0 Å². The van der Waals surface area contributed by atoms with E-state index in [1.54, 1.807) is 32.1 Å². The molecule has 0 radical (unpaired) electrons. The maximum atomic E-state index is 11.7. The summed E-state index contributed by atoms with van der Waals surface area (Å²) in [7, 11) is 0. The summed E-state index contributed by atoms with van der Waals surface area (Å²) >= 11 is 1.68. The first-order valence-corrected chi connectivity index (χ1v) is 10.3. The molecule has 2 N–H and O–H groups in total. The molecule has 2 rings (SSSR count). The van der Waals surface area contributed by atoms with Crippen LogP contribution in [0, 0.1) is 6.92 Å². The topological polar surface area (TPSA) is 80.3 Å². The number of urea groups is 1. The molecule has 0 aliphatic rings. The molecule has 0 fully saturated rings. The number of rotatable bonds is 8. The molecule has 0 aliphatic heterocycles. The first-order valence-electron chi connectivity index (χ1n) is 9.43. The van der Waals surface area contributed by atoms with Crippen molar-refractivity contribution in [3.8, 4) is 0 Å². The molecule has 28 heavy (non-hydrogen) atoms. The Kier molecular flexibility index (Phi) is 7.99. The Bertz CT molecular complexity index is 779. The molecule has 0 saturated carbocycles. The van der Waals surface area contributed by atoms with Crippen LogP contribution < -0.4 is 10.6 Å². The van der Waals surface area contributed by atoms with Gasteiger partial charge in [0.2, 0.25) is 0 Å². The van der Waals surface area contributed by atoms with Crippen LogP contribution in [0.5, 0.6) is 0 Å². The number of amides is 2. The molecule has 0 aliphatic carbocycles. The van der Waals surface area contributed by atoms with Crippen molar-refractivity contribution in [2.75, 3.05) is 13.1 Å². The molecule has 152 valence electrons. The van der Waals surface area contributed by atoms with Crippen LogP contribution in [-0.2, 0) is 28.8 Å². The Morgan fingerprint density at radius 2 is 1.68 bits per heavy atom. The predicted molar refractivity (Wildman–Crippen MR) is 112 cm³/mol. The van der Waals surface area contributed by atoms with E-state index in [2.05, 4.69) is 45.3 Å². The summed E-state index contributed by atoms with van der Waals surface area (Å²) < 4.78 is 5.14. The number of ether oxygens (including phenoxy) is 1. The summed E-state index contributed by atoms with van der Waals surface area (Å²) in [6, 6.07) is 8.04. The fourth-order valence-electron chi connectivity index (χ4n) is 2.58. The lowest BCUT2D eigenvalue weighted by Gasteiger charge is -2.19. The maximum Gasteiger partial charge on any atom is 0.325 e. The largest absolute Gasteiger partial charge is 0.459 e. The molecule has 0 atom stereocenters. The first kappa shape index (κ1) is 21.9. The fourth-order valence-corrected chi connectivity index (χ4v) is 3.23. The van der Waals surface area contributed by atoms with Gasteiger partial charge in [0.15, 0.2) is 0 Å². The Hall–Kier alpha value is -2.41. The number of thiazole rings is 1. The van der Waals surface area contributed by atoms with Crippen LogP contribution in [-0.4, -0.2) is 35.7 Å². The monoisotopic (exact) mass is 403 g/mol. The van der Waals surface area contributed by atoms with E-state index in [1.807, 2.05) is 6.92 Å². The fraction of sp³-hybridized carbons (Fsp3) is 0.476. The van der Waals surface area contributed by atoms with E-state index < -0.39 is 11.6 Å². The maximum absolute atomic E-state index is 11.7. The molecular weight excluding hydrogens is 374 g/mol. The molecule has 1 heterocycles. The highest BCUT2D eigenvalue weighted by Crippen LogP contribution is 2.12. The number of aromatic nitrogens is 1. The zero-order valence-corrected chi connectivity index (χ0v) is 17.8. The van der Waals surface area contributed by atoms with Crippen LogP contribution in [0.2, 0.25) is 0 Å². The SMILES string of the molecule is Cc1nc(CCc2ccc(CCNC(=O)NCC(=O)OC(C)(C)C)cc2)cs1. The number of aryl methyl sites for hydroxylation is 3. The lowest BCUT2D eigenvalue weighted by molar-refractivity contribution is -0.153. The van der Waals surface area contributed by atoms with Gasteiger partial charge in [-0.15, -0.1) is 11.3 Å². The molecule has 0 spiro atoms. The zero-order valence-electron chi connectivity index (χ0n) is 17.0.